The van der Waals surface area contributed by atoms with Gasteiger partial charge in [0.25, 0.3) is 0 Å². The summed E-state index contributed by atoms with van der Waals surface area (Å²) < 4.78 is 16.1. The maximum atomic E-state index is 13.0. The minimum absolute atomic E-state index is 0.0375. The van der Waals surface area contributed by atoms with E-state index in [0.717, 1.165) is 30.3 Å². The van der Waals surface area contributed by atoms with Crippen LogP contribution in [0.25, 0.3) is 11.0 Å². The first-order valence-corrected chi connectivity index (χ1v) is 9.06. The number of hydrogen-bond donors (Lipinski definition) is 0. The van der Waals surface area contributed by atoms with Gasteiger partial charge in [-0.2, -0.15) is 0 Å². The molecule has 6 nitrogen and oxygen atoms in total. The molecule has 0 saturated carbocycles. The minimum Gasteiger partial charge on any atom is -0.493 e. The molecule has 1 unspecified atom stereocenters. The van der Waals surface area contributed by atoms with E-state index >= 15 is 0 Å². The largest absolute Gasteiger partial charge is 0.493 e. The van der Waals surface area contributed by atoms with E-state index in [9.17, 15) is 4.79 Å². The Kier molecular flexibility index (Phi) is 4.71. The van der Waals surface area contributed by atoms with Crippen molar-refractivity contribution in [3.8, 4) is 11.5 Å². The molecule has 6 heteroatoms. The van der Waals surface area contributed by atoms with Gasteiger partial charge in [0.1, 0.15) is 5.69 Å². The van der Waals surface area contributed by atoms with E-state index in [2.05, 4.69) is 5.16 Å². The summed E-state index contributed by atoms with van der Waals surface area (Å²) in [5.74, 6) is 1.43. The third-order valence-electron chi connectivity index (χ3n) is 5.14. The minimum atomic E-state index is 0.0375. The highest BCUT2D eigenvalue weighted by Crippen LogP contribution is 2.37. The maximum absolute atomic E-state index is 13.0. The fourth-order valence-corrected chi connectivity index (χ4v) is 3.78. The number of fused-ring (bicyclic) bond motifs is 1. The number of amides is 1. The Morgan fingerprint density at radius 2 is 2.00 bits per heavy atom. The lowest BCUT2D eigenvalue weighted by molar-refractivity contribution is -0.131. The van der Waals surface area contributed by atoms with Gasteiger partial charge in [-0.25, -0.2) is 0 Å². The van der Waals surface area contributed by atoms with Gasteiger partial charge in [-0.15, -0.1) is 0 Å². The van der Waals surface area contributed by atoms with Crippen LogP contribution in [-0.2, 0) is 11.2 Å². The molecule has 1 fully saturated rings. The van der Waals surface area contributed by atoms with Crippen molar-refractivity contribution in [2.75, 3.05) is 20.8 Å². The van der Waals surface area contributed by atoms with Crippen LogP contribution in [-0.4, -0.2) is 36.7 Å². The van der Waals surface area contributed by atoms with Gasteiger partial charge in [-0.3, -0.25) is 4.79 Å². The molecule has 0 spiro atoms. The second kappa shape index (κ2) is 7.31. The van der Waals surface area contributed by atoms with Crippen molar-refractivity contribution >= 4 is 16.9 Å². The number of ether oxygens (including phenoxy) is 2. The average Bonchev–Trinajstić information content (AvgIpc) is 3.35. The molecular formula is C21H22N2O4. The van der Waals surface area contributed by atoms with Crippen LogP contribution in [0.5, 0.6) is 11.5 Å². The zero-order chi connectivity index (χ0) is 18.8. The summed E-state index contributed by atoms with van der Waals surface area (Å²) >= 11 is 0. The molecule has 1 aliphatic rings. The molecule has 0 radical (unpaired) electrons. The number of methoxy groups -OCH3 is 2. The Morgan fingerprint density at radius 1 is 1.19 bits per heavy atom. The summed E-state index contributed by atoms with van der Waals surface area (Å²) in [4.78, 5) is 14.9. The zero-order valence-electron chi connectivity index (χ0n) is 15.5. The lowest BCUT2D eigenvalue weighted by Gasteiger charge is -2.25. The molecule has 27 heavy (non-hydrogen) atoms. The number of carbonyl (C=O) groups excluding carboxylic acids is 1. The van der Waals surface area contributed by atoms with Gasteiger partial charge in [0.15, 0.2) is 17.1 Å². The number of likely N-dealkylation sites (tertiary alicyclic amines) is 1. The Balaban J connectivity index is 1.57. The molecule has 1 amide bonds. The maximum Gasteiger partial charge on any atom is 0.229 e. The van der Waals surface area contributed by atoms with Crippen LogP contribution >= 0.6 is 0 Å². The SMILES string of the molecule is COc1ccc(C2CCCN2C(=O)Cc2noc3ccccc23)cc1OC. The van der Waals surface area contributed by atoms with E-state index in [1.54, 1.807) is 14.2 Å². The van der Waals surface area contributed by atoms with E-state index in [1.807, 2.05) is 47.4 Å². The molecule has 0 aliphatic carbocycles. The zero-order valence-corrected chi connectivity index (χ0v) is 15.5. The highest BCUT2D eigenvalue weighted by atomic mass is 16.5. The number of hydrogen-bond acceptors (Lipinski definition) is 5. The van der Waals surface area contributed by atoms with Crippen LogP contribution < -0.4 is 9.47 Å². The molecule has 3 aromatic rings. The summed E-state index contributed by atoms with van der Waals surface area (Å²) in [7, 11) is 3.24. The van der Waals surface area contributed by atoms with Crippen molar-refractivity contribution in [2.45, 2.75) is 25.3 Å². The van der Waals surface area contributed by atoms with Crippen LogP contribution in [0.3, 0.4) is 0 Å². The van der Waals surface area contributed by atoms with Gasteiger partial charge in [0.2, 0.25) is 5.91 Å². The van der Waals surface area contributed by atoms with Crippen molar-refractivity contribution in [3.05, 3.63) is 53.7 Å². The molecule has 1 saturated heterocycles. The number of rotatable bonds is 5. The number of para-hydroxylation sites is 1. The number of aromatic nitrogens is 1. The van der Waals surface area contributed by atoms with Gasteiger partial charge in [0, 0.05) is 11.9 Å². The predicted octanol–water partition coefficient (Wildman–Crippen LogP) is 3.75. The molecule has 1 aromatic heterocycles. The topological polar surface area (TPSA) is 64.8 Å². The second-order valence-corrected chi connectivity index (χ2v) is 6.66. The number of carbonyl (C=O) groups is 1. The third kappa shape index (κ3) is 3.23. The van der Waals surface area contributed by atoms with Crippen LogP contribution in [0.15, 0.2) is 47.0 Å². The first kappa shape index (κ1) is 17.4. The van der Waals surface area contributed by atoms with Crippen LogP contribution in [0, 0.1) is 0 Å². The highest BCUT2D eigenvalue weighted by Gasteiger charge is 2.31. The molecule has 2 aromatic carbocycles. The quantitative estimate of drug-likeness (QED) is 0.688. The third-order valence-corrected chi connectivity index (χ3v) is 5.14. The normalized spacial score (nSPS) is 16.7. The first-order chi connectivity index (χ1) is 13.2. The van der Waals surface area contributed by atoms with Crippen molar-refractivity contribution < 1.29 is 18.8 Å². The molecule has 1 atom stereocenters. The second-order valence-electron chi connectivity index (χ2n) is 6.66. The molecule has 4 rings (SSSR count). The van der Waals surface area contributed by atoms with E-state index in [0.29, 0.717) is 22.8 Å². The first-order valence-electron chi connectivity index (χ1n) is 9.06. The van der Waals surface area contributed by atoms with Crippen LogP contribution in [0.1, 0.15) is 30.1 Å². The standard InChI is InChI=1S/C21H22N2O4/c1-25-19-10-9-14(12-20(19)26-2)17-7-5-11-23(17)21(24)13-16-15-6-3-4-8-18(15)27-22-16/h3-4,6,8-10,12,17H,5,7,11,13H2,1-2H3. The Bertz CT molecular complexity index is 966. The summed E-state index contributed by atoms with van der Waals surface area (Å²) in [6.07, 6.45) is 2.14. The Morgan fingerprint density at radius 3 is 2.81 bits per heavy atom. The molecule has 1 aliphatic heterocycles. The van der Waals surface area contributed by atoms with Crippen molar-refractivity contribution in [1.29, 1.82) is 0 Å². The summed E-state index contributed by atoms with van der Waals surface area (Å²) in [6.45, 7) is 0.744. The van der Waals surface area contributed by atoms with E-state index in [4.69, 9.17) is 14.0 Å². The van der Waals surface area contributed by atoms with E-state index in [-0.39, 0.29) is 18.4 Å². The lowest BCUT2D eigenvalue weighted by Crippen LogP contribution is -2.32. The molecular weight excluding hydrogens is 344 g/mol. The van der Waals surface area contributed by atoms with Gasteiger partial charge >= 0.3 is 0 Å². The summed E-state index contributed by atoms with van der Waals surface area (Å²) in [5.41, 5.74) is 2.45. The van der Waals surface area contributed by atoms with Gasteiger partial charge in [-0.1, -0.05) is 23.4 Å². The number of benzene rings is 2. The molecule has 140 valence electrons. The Labute approximate surface area is 157 Å². The molecule has 0 bridgehead atoms. The number of nitrogens with zero attached hydrogens (tertiary/aromatic N) is 2. The van der Waals surface area contributed by atoms with Crippen LogP contribution in [0.2, 0.25) is 0 Å². The monoisotopic (exact) mass is 366 g/mol. The fourth-order valence-electron chi connectivity index (χ4n) is 3.78. The van der Waals surface area contributed by atoms with Gasteiger partial charge in [-0.05, 0) is 42.7 Å². The lowest BCUT2D eigenvalue weighted by atomic mass is 10.0. The van der Waals surface area contributed by atoms with Gasteiger partial charge in [0.05, 0.1) is 26.7 Å². The smallest absolute Gasteiger partial charge is 0.229 e. The van der Waals surface area contributed by atoms with E-state index in [1.165, 1.54) is 0 Å². The molecule has 0 N–H and O–H groups in total. The van der Waals surface area contributed by atoms with Crippen molar-refractivity contribution in [1.82, 2.24) is 10.1 Å². The Hall–Kier alpha value is -3.02. The molecule has 2 heterocycles. The highest BCUT2D eigenvalue weighted by molar-refractivity contribution is 5.86. The summed E-state index contributed by atoms with van der Waals surface area (Å²) in [6, 6.07) is 13.5. The van der Waals surface area contributed by atoms with Crippen molar-refractivity contribution in [2.24, 2.45) is 0 Å². The van der Waals surface area contributed by atoms with E-state index < -0.39 is 0 Å². The fraction of sp³-hybridized carbons (Fsp3) is 0.333. The van der Waals surface area contributed by atoms with Gasteiger partial charge < -0.3 is 18.9 Å². The average molecular weight is 366 g/mol. The van der Waals surface area contributed by atoms with Crippen LogP contribution in [0.4, 0.5) is 0 Å². The summed E-state index contributed by atoms with van der Waals surface area (Å²) in [5, 5.41) is 4.99. The predicted molar refractivity (Wildman–Crippen MR) is 101 cm³/mol. The van der Waals surface area contributed by atoms with Crippen molar-refractivity contribution in [3.63, 3.8) is 0 Å².